The summed E-state index contributed by atoms with van der Waals surface area (Å²) in [5, 5.41) is 12.0. The Morgan fingerprint density at radius 1 is 1.38 bits per heavy atom. The highest BCUT2D eigenvalue weighted by Crippen LogP contribution is 2.16. The lowest BCUT2D eigenvalue weighted by atomic mass is 9.93. The van der Waals surface area contributed by atoms with Crippen molar-refractivity contribution < 1.29 is 14.7 Å². The van der Waals surface area contributed by atoms with Crippen LogP contribution in [0.3, 0.4) is 0 Å². The number of likely N-dealkylation sites (tertiary alicyclic amines) is 1. The van der Waals surface area contributed by atoms with E-state index in [0.29, 0.717) is 25.9 Å². The summed E-state index contributed by atoms with van der Waals surface area (Å²) in [4.78, 5) is 23.2. The second-order valence-corrected chi connectivity index (χ2v) is 3.69. The van der Waals surface area contributed by atoms with E-state index in [0.717, 1.165) is 0 Å². The number of carbonyl (C=O) groups is 2. The first-order chi connectivity index (χ1) is 6.15. The molecule has 2 N–H and O–H groups in total. The SMILES string of the molecule is O=C1CC2CN(C(=O)O)CC(C1)N2. The summed E-state index contributed by atoms with van der Waals surface area (Å²) in [6, 6.07) is 0.0761. The van der Waals surface area contributed by atoms with Crippen LogP contribution in [0.5, 0.6) is 0 Å². The molecule has 2 heterocycles. The minimum atomic E-state index is -0.883. The van der Waals surface area contributed by atoms with Crippen molar-refractivity contribution in [1.82, 2.24) is 10.2 Å². The fourth-order valence-corrected chi connectivity index (χ4v) is 2.08. The molecule has 2 unspecified atom stereocenters. The molecule has 0 saturated carbocycles. The molecule has 13 heavy (non-hydrogen) atoms. The molecule has 2 aliphatic rings. The minimum absolute atomic E-state index is 0.0381. The van der Waals surface area contributed by atoms with Gasteiger partial charge in [-0.05, 0) is 0 Å². The van der Waals surface area contributed by atoms with Crippen molar-refractivity contribution >= 4 is 11.9 Å². The van der Waals surface area contributed by atoms with Gasteiger partial charge in [0.2, 0.25) is 0 Å². The first-order valence-electron chi connectivity index (χ1n) is 4.41. The van der Waals surface area contributed by atoms with E-state index >= 15 is 0 Å². The fourth-order valence-electron chi connectivity index (χ4n) is 2.08. The number of nitrogens with one attached hydrogen (secondary N) is 1. The maximum absolute atomic E-state index is 11.1. The highest BCUT2D eigenvalue weighted by Gasteiger charge is 2.35. The third-order valence-corrected chi connectivity index (χ3v) is 2.57. The molecule has 2 rings (SSSR count). The topological polar surface area (TPSA) is 69.6 Å². The summed E-state index contributed by atoms with van der Waals surface area (Å²) in [7, 11) is 0. The van der Waals surface area contributed by atoms with Crippen molar-refractivity contribution in [3.63, 3.8) is 0 Å². The molecular formula is C8H12N2O3. The van der Waals surface area contributed by atoms with E-state index < -0.39 is 6.09 Å². The molecule has 0 radical (unpaired) electrons. The Bertz CT molecular complexity index is 238. The Hall–Kier alpha value is -1.10. The number of hydrogen-bond acceptors (Lipinski definition) is 3. The molecular weight excluding hydrogens is 172 g/mol. The number of rotatable bonds is 0. The van der Waals surface area contributed by atoms with Crippen molar-refractivity contribution in [1.29, 1.82) is 0 Å². The van der Waals surface area contributed by atoms with Crippen molar-refractivity contribution in [3.05, 3.63) is 0 Å². The largest absolute Gasteiger partial charge is 0.465 e. The van der Waals surface area contributed by atoms with Crippen LogP contribution in [0, 0.1) is 0 Å². The summed E-state index contributed by atoms with van der Waals surface area (Å²) in [5.74, 6) is 0.249. The normalized spacial score (nSPS) is 33.2. The van der Waals surface area contributed by atoms with Gasteiger partial charge < -0.3 is 15.3 Å². The zero-order valence-corrected chi connectivity index (χ0v) is 7.19. The Kier molecular flexibility index (Phi) is 1.95. The number of piperazine rings is 1. The molecule has 1 amide bonds. The molecule has 0 spiro atoms. The van der Waals surface area contributed by atoms with Gasteiger partial charge in [-0.15, -0.1) is 0 Å². The number of ketones is 1. The Labute approximate surface area is 75.7 Å². The van der Waals surface area contributed by atoms with Crippen LogP contribution in [0.25, 0.3) is 0 Å². The average Bonchev–Trinajstić information content (AvgIpc) is 2.01. The van der Waals surface area contributed by atoms with Gasteiger partial charge in [0.1, 0.15) is 5.78 Å². The second-order valence-electron chi connectivity index (χ2n) is 3.69. The van der Waals surface area contributed by atoms with Crippen LogP contribution in [0.15, 0.2) is 0 Å². The molecule has 0 aromatic heterocycles. The predicted molar refractivity (Wildman–Crippen MR) is 44.6 cm³/mol. The van der Waals surface area contributed by atoms with E-state index in [1.807, 2.05) is 0 Å². The zero-order chi connectivity index (χ0) is 9.42. The summed E-state index contributed by atoms with van der Waals surface area (Å²) in [6.45, 7) is 0.884. The lowest BCUT2D eigenvalue weighted by molar-refractivity contribution is -0.122. The third kappa shape index (κ3) is 1.65. The van der Waals surface area contributed by atoms with E-state index in [2.05, 4.69) is 5.32 Å². The summed E-state index contributed by atoms with van der Waals surface area (Å²) in [5.41, 5.74) is 0. The average molecular weight is 184 g/mol. The molecule has 72 valence electrons. The van der Waals surface area contributed by atoms with Gasteiger partial charge in [-0.3, -0.25) is 4.79 Å². The Balaban J connectivity index is 2.05. The number of piperidine rings is 1. The Morgan fingerprint density at radius 2 is 1.92 bits per heavy atom. The fraction of sp³-hybridized carbons (Fsp3) is 0.750. The third-order valence-electron chi connectivity index (χ3n) is 2.57. The molecule has 5 nitrogen and oxygen atoms in total. The lowest BCUT2D eigenvalue weighted by Crippen LogP contribution is -2.61. The van der Waals surface area contributed by atoms with E-state index in [9.17, 15) is 9.59 Å². The number of carboxylic acid groups (broad SMARTS) is 1. The molecule has 2 saturated heterocycles. The van der Waals surface area contributed by atoms with Gasteiger partial charge in [-0.2, -0.15) is 0 Å². The van der Waals surface area contributed by atoms with Crippen LogP contribution in [0.1, 0.15) is 12.8 Å². The van der Waals surface area contributed by atoms with Crippen LogP contribution < -0.4 is 5.32 Å². The highest BCUT2D eigenvalue weighted by atomic mass is 16.4. The first kappa shape index (κ1) is 8.50. The second kappa shape index (κ2) is 2.99. The van der Waals surface area contributed by atoms with Gasteiger partial charge in [-0.25, -0.2) is 4.79 Å². The molecule has 2 atom stereocenters. The number of amides is 1. The summed E-state index contributed by atoms with van der Waals surface area (Å²) >= 11 is 0. The van der Waals surface area contributed by atoms with Gasteiger partial charge in [0, 0.05) is 38.0 Å². The van der Waals surface area contributed by atoms with E-state index in [1.54, 1.807) is 0 Å². The van der Waals surface area contributed by atoms with Crippen LogP contribution >= 0.6 is 0 Å². The van der Waals surface area contributed by atoms with Crippen molar-refractivity contribution in [2.75, 3.05) is 13.1 Å². The van der Waals surface area contributed by atoms with Gasteiger partial charge in [0.15, 0.2) is 0 Å². The molecule has 0 aliphatic carbocycles. The standard InChI is InChI=1S/C8H12N2O3/c11-7-1-5-3-10(8(12)13)4-6(2-7)9-5/h5-6,9H,1-4H2,(H,12,13). The summed E-state index contributed by atoms with van der Waals surface area (Å²) in [6.07, 6.45) is 0.0615. The Morgan fingerprint density at radius 3 is 2.38 bits per heavy atom. The van der Waals surface area contributed by atoms with E-state index in [-0.39, 0.29) is 17.9 Å². The maximum Gasteiger partial charge on any atom is 0.407 e. The maximum atomic E-state index is 11.1. The number of nitrogens with zero attached hydrogens (tertiary/aromatic N) is 1. The lowest BCUT2D eigenvalue weighted by Gasteiger charge is -2.40. The van der Waals surface area contributed by atoms with E-state index in [1.165, 1.54) is 4.90 Å². The van der Waals surface area contributed by atoms with Gasteiger partial charge in [0.25, 0.3) is 0 Å². The van der Waals surface area contributed by atoms with Gasteiger partial charge in [0.05, 0.1) is 0 Å². The molecule has 0 aromatic rings. The first-order valence-corrected chi connectivity index (χ1v) is 4.41. The molecule has 2 aliphatic heterocycles. The van der Waals surface area contributed by atoms with Crippen LogP contribution in [0.4, 0.5) is 4.79 Å². The van der Waals surface area contributed by atoms with Gasteiger partial charge >= 0.3 is 6.09 Å². The van der Waals surface area contributed by atoms with Gasteiger partial charge in [-0.1, -0.05) is 0 Å². The van der Waals surface area contributed by atoms with Crippen LogP contribution in [-0.2, 0) is 4.79 Å². The summed E-state index contributed by atoms with van der Waals surface area (Å²) < 4.78 is 0. The molecule has 2 fully saturated rings. The predicted octanol–water partition coefficient (Wildman–Crippen LogP) is -0.330. The number of carbonyl (C=O) groups excluding carboxylic acids is 1. The molecule has 5 heteroatoms. The van der Waals surface area contributed by atoms with Crippen molar-refractivity contribution in [3.8, 4) is 0 Å². The highest BCUT2D eigenvalue weighted by molar-refractivity contribution is 5.81. The molecule has 0 aromatic carbocycles. The number of fused-ring (bicyclic) bond motifs is 2. The van der Waals surface area contributed by atoms with Crippen molar-refractivity contribution in [2.24, 2.45) is 0 Å². The van der Waals surface area contributed by atoms with Crippen molar-refractivity contribution in [2.45, 2.75) is 24.9 Å². The smallest absolute Gasteiger partial charge is 0.407 e. The number of hydrogen-bond donors (Lipinski definition) is 2. The number of Topliss-reactive ketones (excluding diaryl/α,β-unsaturated/α-hetero) is 1. The van der Waals surface area contributed by atoms with E-state index in [4.69, 9.17) is 5.11 Å². The minimum Gasteiger partial charge on any atom is -0.465 e. The molecule has 2 bridgehead atoms. The monoisotopic (exact) mass is 184 g/mol. The van der Waals surface area contributed by atoms with Crippen LogP contribution in [0.2, 0.25) is 0 Å². The quantitative estimate of drug-likeness (QED) is 0.541. The van der Waals surface area contributed by atoms with Crippen LogP contribution in [-0.4, -0.2) is 47.1 Å². The zero-order valence-electron chi connectivity index (χ0n) is 7.19.